The van der Waals surface area contributed by atoms with E-state index < -0.39 is 0 Å². The van der Waals surface area contributed by atoms with Crippen LogP contribution in [0.15, 0.2) is 89.7 Å². The summed E-state index contributed by atoms with van der Waals surface area (Å²) in [5, 5.41) is 8.84. The van der Waals surface area contributed by atoms with E-state index in [1.165, 1.54) is 5.56 Å². The standard InChI is InChI=1S/C24H21N5/c1-16-11-12-22-20(13-16)23(17-7-3-2-4-8-17)28-24(27-22)29-25-15-19-14-18-9-5-6-10-21(18)26-19/h2-15,18,21,26H,1H3,(H,27,28,29)/b25-15-/t18-,21-/m1/s1. The van der Waals surface area contributed by atoms with Gasteiger partial charge in [-0.1, -0.05) is 72.3 Å². The zero-order valence-corrected chi connectivity index (χ0v) is 16.1. The van der Waals surface area contributed by atoms with E-state index >= 15 is 0 Å². The Morgan fingerprint density at radius 3 is 2.76 bits per heavy atom. The zero-order chi connectivity index (χ0) is 19.6. The van der Waals surface area contributed by atoms with Gasteiger partial charge in [-0.2, -0.15) is 5.10 Å². The van der Waals surface area contributed by atoms with Crippen molar-refractivity contribution in [2.45, 2.75) is 13.0 Å². The van der Waals surface area contributed by atoms with Gasteiger partial charge in [-0.3, -0.25) is 0 Å². The molecule has 0 fully saturated rings. The van der Waals surface area contributed by atoms with Crippen molar-refractivity contribution in [3.63, 3.8) is 0 Å². The summed E-state index contributed by atoms with van der Waals surface area (Å²) < 4.78 is 0. The predicted molar refractivity (Wildman–Crippen MR) is 119 cm³/mol. The van der Waals surface area contributed by atoms with Crippen LogP contribution < -0.4 is 10.7 Å². The van der Waals surface area contributed by atoms with E-state index in [-0.39, 0.29) is 0 Å². The molecule has 3 aromatic rings. The number of hydrogen-bond acceptors (Lipinski definition) is 5. The van der Waals surface area contributed by atoms with E-state index in [4.69, 9.17) is 4.98 Å². The number of aromatic nitrogens is 2. The Morgan fingerprint density at radius 2 is 1.90 bits per heavy atom. The monoisotopic (exact) mass is 379 g/mol. The van der Waals surface area contributed by atoms with Crippen LogP contribution in [-0.2, 0) is 0 Å². The number of anilines is 1. The van der Waals surface area contributed by atoms with Crippen molar-refractivity contribution < 1.29 is 0 Å². The van der Waals surface area contributed by atoms with Gasteiger partial charge in [-0.05, 0) is 19.1 Å². The van der Waals surface area contributed by atoms with Crippen LogP contribution >= 0.6 is 0 Å². The van der Waals surface area contributed by atoms with E-state index in [0.717, 1.165) is 27.9 Å². The van der Waals surface area contributed by atoms with E-state index in [1.54, 1.807) is 6.21 Å². The van der Waals surface area contributed by atoms with Crippen LogP contribution in [0.25, 0.3) is 22.2 Å². The molecule has 1 aliphatic heterocycles. The highest BCUT2D eigenvalue weighted by Crippen LogP contribution is 2.28. The van der Waals surface area contributed by atoms with Gasteiger partial charge in [0, 0.05) is 16.9 Å². The molecule has 5 heteroatoms. The summed E-state index contributed by atoms with van der Waals surface area (Å²) in [6.45, 7) is 2.08. The second-order valence-electron chi connectivity index (χ2n) is 7.29. The predicted octanol–water partition coefficient (Wildman–Crippen LogP) is 4.60. The van der Waals surface area contributed by atoms with Gasteiger partial charge in [0.25, 0.3) is 0 Å². The summed E-state index contributed by atoms with van der Waals surface area (Å²) in [6.07, 6.45) is 12.5. The molecule has 5 nitrogen and oxygen atoms in total. The van der Waals surface area contributed by atoms with Crippen molar-refractivity contribution in [2.75, 3.05) is 5.43 Å². The molecule has 2 aliphatic rings. The number of rotatable bonds is 4. The Labute approximate surface area is 169 Å². The van der Waals surface area contributed by atoms with Gasteiger partial charge in [0.05, 0.1) is 29.2 Å². The highest BCUT2D eigenvalue weighted by atomic mass is 15.3. The summed E-state index contributed by atoms with van der Waals surface area (Å²) in [7, 11) is 0. The first-order valence-electron chi connectivity index (χ1n) is 9.72. The Hall–Kier alpha value is -3.73. The molecule has 0 radical (unpaired) electrons. The van der Waals surface area contributed by atoms with Gasteiger partial charge in [-0.15, -0.1) is 0 Å². The molecule has 0 saturated heterocycles. The quantitative estimate of drug-likeness (QED) is 0.514. The number of nitrogens with zero attached hydrogens (tertiary/aromatic N) is 3. The molecule has 142 valence electrons. The highest BCUT2D eigenvalue weighted by molar-refractivity contribution is 5.93. The Morgan fingerprint density at radius 1 is 1.03 bits per heavy atom. The highest BCUT2D eigenvalue weighted by Gasteiger charge is 2.22. The van der Waals surface area contributed by atoms with Crippen molar-refractivity contribution in [2.24, 2.45) is 11.0 Å². The molecule has 29 heavy (non-hydrogen) atoms. The lowest BCUT2D eigenvalue weighted by Crippen LogP contribution is -2.26. The van der Waals surface area contributed by atoms with Crippen LogP contribution in [0.2, 0.25) is 0 Å². The molecule has 2 atom stereocenters. The van der Waals surface area contributed by atoms with Crippen molar-refractivity contribution in [1.82, 2.24) is 15.3 Å². The molecule has 2 aromatic carbocycles. The van der Waals surface area contributed by atoms with Gasteiger partial charge in [0.1, 0.15) is 0 Å². The third-order valence-corrected chi connectivity index (χ3v) is 5.15. The van der Waals surface area contributed by atoms with E-state index in [2.05, 4.69) is 82.4 Å². The van der Waals surface area contributed by atoms with Gasteiger partial charge in [0.2, 0.25) is 5.95 Å². The minimum Gasteiger partial charge on any atom is -0.377 e. The maximum absolute atomic E-state index is 4.75. The Balaban J connectivity index is 1.44. The number of hydrazone groups is 1. The molecule has 0 unspecified atom stereocenters. The second-order valence-corrected chi connectivity index (χ2v) is 7.29. The van der Waals surface area contributed by atoms with Crippen LogP contribution in [0.4, 0.5) is 5.95 Å². The molecule has 0 bridgehead atoms. The molecular weight excluding hydrogens is 358 g/mol. The van der Waals surface area contributed by atoms with Crippen LogP contribution in [0, 0.1) is 12.8 Å². The molecule has 0 saturated carbocycles. The fourth-order valence-corrected chi connectivity index (χ4v) is 3.72. The first-order valence-corrected chi connectivity index (χ1v) is 9.72. The number of fused-ring (bicyclic) bond motifs is 2. The molecular formula is C24H21N5. The van der Waals surface area contributed by atoms with Gasteiger partial charge < -0.3 is 5.32 Å². The fraction of sp³-hybridized carbons (Fsp3) is 0.125. The SMILES string of the molecule is Cc1ccc2nc(N/N=C\C3=C[C@H]4C=CC=C[C@H]4N3)nc(-c3ccccc3)c2c1. The fourth-order valence-electron chi connectivity index (χ4n) is 3.72. The minimum absolute atomic E-state index is 0.311. The summed E-state index contributed by atoms with van der Waals surface area (Å²) in [6, 6.07) is 16.7. The third-order valence-electron chi connectivity index (χ3n) is 5.15. The molecule has 0 spiro atoms. The van der Waals surface area contributed by atoms with Crippen molar-refractivity contribution >= 4 is 23.1 Å². The maximum Gasteiger partial charge on any atom is 0.244 e. The molecule has 0 amide bonds. The van der Waals surface area contributed by atoms with Crippen LogP contribution in [0.1, 0.15) is 5.56 Å². The number of benzene rings is 2. The summed E-state index contributed by atoms with van der Waals surface area (Å²) >= 11 is 0. The first kappa shape index (κ1) is 17.4. The van der Waals surface area contributed by atoms with E-state index in [0.29, 0.717) is 17.9 Å². The van der Waals surface area contributed by atoms with Crippen LogP contribution in [0.5, 0.6) is 0 Å². The van der Waals surface area contributed by atoms with Gasteiger partial charge in [0.15, 0.2) is 0 Å². The lowest BCUT2D eigenvalue weighted by atomic mass is 9.98. The molecule has 2 N–H and O–H groups in total. The largest absolute Gasteiger partial charge is 0.377 e. The molecule has 1 aromatic heterocycles. The third kappa shape index (κ3) is 3.55. The average Bonchev–Trinajstić information content (AvgIpc) is 3.17. The van der Waals surface area contributed by atoms with Crippen LogP contribution in [-0.4, -0.2) is 22.2 Å². The lowest BCUT2D eigenvalue weighted by molar-refractivity contribution is 0.645. The topological polar surface area (TPSA) is 62.2 Å². The van der Waals surface area contributed by atoms with Gasteiger partial charge >= 0.3 is 0 Å². The normalized spacial score (nSPS) is 20.0. The summed E-state index contributed by atoms with van der Waals surface area (Å²) in [5.74, 6) is 0.860. The van der Waals surface area contributed by atoms with Crippen LogP contribution in [0.3, 0.4) is 0 Å². The van der Waals surface area contributed by atoms with E-state index in [1.807, 2.05) is 24.3 Å². The van der Waals surface area contributed by atoms with Crippen molar-refractivity contribution in [3.8, 4) is 11.3 Å². The second kappa shape index (κ2) is 7.36. The lowest BCUT2D eigenvalue weighted by Gasteiger charge is -2.15. The van der Waals surface area contributed by atoms with E-state index in [9.17, 15) is 0 Å². The average molecular weight is 379 g/mol. The summed E-state index contributed by atoms with van der Waals surface area (Å²) in [4.78, 5) is 9.39. The minimum atomic E-state index is 0.311. The molecule has 5 rings (SSSR count). The Bertz CT molecular complexity index is 1170. The zero-order valence-electron chi connectivity index (χ0n) is 16.1. The smallest absolute Gasteiger partial charge is 0.244 e. The number of nitrogens with one attached hydrogen (secondary N) is 2. The number of aryl methyl sites for hydroxylation is 1. The first-order chi connectivity index (χ1) is 14.3. The number of hydrogen-bond donors (Lipinski definition) is 2. The molecule has 2 heterocycles. The van der Waals surface area contributed by atoms with Gasteiger partial charge in [-0.25, -0.2) is 15.4 Å². The van der Waals surface area contributed by atoms with Crippen molar-refractivity contribution in [3.05, 3.63) is 90.2 Å². The van der Waals surface area contributed by atoms with Crippen molar-refractivity contribution in [1.29, 1.82) is 0 Å². The Kier molecular flexibility index (Phi) is 4.41. The maximum atomic E-state index is 4.75. The summed E-state index contributed by atoms with van der Waals surface area (Å²) in [5.41, 5.74) is 8.02. The molecule has 1 aliphatic carbocycles. The number of allylic oxidation sites excluding steroid dienone is 3.